The second-order valence-corrected chi connectivity index (χ2v) is 6.66. The molecule has 0 spiro atoms. The molecular weight excluding hydrogens is 357 g/mol. The number of nitrogens with zero attached hydrogens (tertiary/aromatic N) is 1. The van der Waals surface area contributed by atoms with E-state index < -0.39 is 0 Å². The van der Waals surface area contributed by atoms with Crippen LogP contribution in [0.15, 0.2) is 54.6 Å². The van der Waals surface area contributed by atoms with Crippen LogP contribution < -0.4 is 10.6 Å². The van der Waals surface area contributed by atoms with Crippen LogP contribution in [0.3, 0.4) is 0 Å². The number of hydrogen-bond acceptors (Lipinski definition) is 2. The predicted octanol–water partition coefficient (Wildman–Crippen LogP) is 4.12. The van der Waals surface area contributed by atoms with Gasteiger partial charge in [-0.1, -0.05) is 12.1 Å². The monoisotopic (exact) mass is 379 g/mol. The van der Waals surface area contributed by atoms with E-state index in [1.165, 1.54) is 19.1 Å². The van der Waals surface area contributed by atoms with Gasteiger partial charge in [0.05, 0.1) is 5.56 Å². The van der Waals surface area contributed by atoms with Gasteiger partial charge < -0.3 is 15.2 Å². The van der Waals surface area contributed by atoms with Crippen molar-refractivity contribution in [3.8, 4) is 5.69 Å². The number of amides is 2. The summed E-state index contributed by atoms with van der Waals surface area (Å²) in [5.74, 6) is -0.633. The largest absolute Gasteiger partial charge is 0.348 e. The van der Waals surface area contributed by atoms with Crippen molar-refractivity contribution < 1.29 is 14.0 Å². The fourth-order valence-electron chi connectivity index (χ4n) is 3.22. The molecular formula is C22H22FN3O2. The predicted molar refractivity (Wildman–Crippen MR) is 107 cm³/mol. The highest BCUT2D eigenvalue weighted by molar-refractivity contribution is 5.96. The van der Waals surface area contributed by atoms with Gasteiger partial charge in [0.1, 0.15) is 5.82 Å². The highest BCUT2D eigenvalue weighted by Gasteiger charge is 2.16. The average Bonchev–Trinajstić information content (AvgIpc) is 2.95. The van der Waals surface area contributed by atoms with Gasteiger partial charge in [0.25, 0.3) is 5.91 Å². The number of aryl methyl sites for hydroxylation is 1. The number of nitrogens with one attached hydrogen (secondary N) is 2. The van der Waals surface area contributed by atoms with E-state index in [0.29, 0.717) is 17.8 Å². The summed E-state index contributed by atoms with van der Waals surface area (Å²) in [5, 5.41) is 5.64. The van der Waals surface area contributed by atoms with Crippen molar-refractivity contribution in [3.63, 3.8) is 0 Å². The maximum absolute atomic E-state index is 13.2. The van der Waals surface area contributed by atoms with Crippen molar-refractivity contribution in [3.05, 3.63) is 82.9 Å². The molecule has 3 aromatic rings. The van der Waals surface area contributed by atoms with Gasteiger partial charge in [-0.15, -0.1) is 0 Å². The van der Waals surface area contributed by atoms with Crippen LogP contribution in [0.25, 0.3) is 5.69 Å². The third-order valence-corrected chi connectivity index (χ3v) is 4.46. The minimum absolute atomic E-state index is 0.144. The molecule has 5 nitrogen and oxygen atoms in total. The first kappa shape index (κ1) is 19.4. The zero-order chi connectivity index (χ0) is 20.3. The average molecular weight is 379 g/mol. The lowest BCUT2D eigenvalue weighted by atomic mass is 10.2. The smallest absolute Gasteiger partial charge is 0.253 e. The quantitative estimate of drug-likeness (QED) is 0.700. The van der Waals surface area contributed by atoms with E-state index in [0.717, 1.165) is 22.6 Å². The van der Waals surface area contributed by atoms with Gasteiger partial charge in [0.15, 0.2) is 0 Å². The van der Waals surface area contributed by atoms with Gasteiger partial charge in [-0.05, 0) is 61.9 Å². The SMILES string of the molecule is CC(=O)Nc1cccc(CNC(=O)c2cc(C)n(-c3ccc(F)cc3)c2C)c1. The van der Waals surface area contributed by atoms with Crippen LogP contribution in [-0.2, 0) is 11.3 Å². The zero-order valence-electron chi connectivity index (χ0n) is 16.0. The van der Waals surface area contributed by atoms with Crippen molar-refractivity contribution in [2.24, 2.45) is 0 Å². The van der Waals surface area contributed by atoms with Crippen LogP contribution in [0.1, 0.15) is 34.2 Å². The Morgan fingerprint density at radius 2 is 1.75 bits per heavy atom. The van der Waals surface area contributed by atoms with E-state index >= 15 is 0 Å². The molecule has 144 valence electrons. The standard InChI is InChI=1S/C22H22FN3O2/c1-14-11-21(15(2)26(14)20-9-7-18(23)8-10-20)22(28)24-13-17-5-4-6-19(12-17)25-16(3)27/h4-12H,13H2,1-3H3,(H,24,28)(H,25,27). The van der Waals surface area contributed by atoms with Crippen LogP contribution in [0.2, 0.25) is 0 Å². The zero-order valence-corrected chi connectivity index (χ0v) is 16.0. The molecule has 0 saturated heterocycles. The van der Waals surface area contributed by atoms with Gasteiger partial charge in [-0.2, -0.15) is 0 Å². The summed E-state index contributed by atoms with van der Waals surface area (Å²) < 4.78 is 15.1. The van der Waals surface area contributed by atoms with E-state index in [4.69, 9.17) is 0 Å². The van der Waals surface area contributed by atoms with Crippen LogP contribution in [0.4, 0.5) is 10.1 Å². The minimum Gasteiger partial charge on any atom is -0.348 e. The fourth-order valence-corrected chi connectivity index (χ4v) is 3.22. The van der Waals surface area contributed by atoms with Gasteiger partial charge in [-0.3, -0.25) is 9.59 Å². The molecule has 1 aromatic heterocycles. The van der Waals surface area contributed by atoms with E-state index in [1.807, 2.05) is 42.7 Å². The van der Waals surface area contributed by atoms with Crippen LogP contribution in [0.5, 0.6) is 0 Å². The fraction of sp³-hybridized carbons (Fsp3) is 0.182. The maximum atomic E-state index is 13.2. The molecule has 0 radical (unpaired) electrons. The Hall–Kier alpha value is -3.41. The van der Waals surface area contributed by atoms with Gasteiger partial charge in [0, 0.05) is 36.2 Å². The summed E-state index contributed by atoms with van der Waals surface area (Å²) >= 11 is 0. The number of rotatable bonds is 5. The summed E-state index contributed by atoms with van der Waals surface area (Å²) in [7, 11) is 0. The Morgan fingerprint density at radius 1 is 1.04 bits per heavy atom. The first-order chi connectivity index (χ1) is 13.3. The topological polar surface area (TPSA) is 63.1 Å². The molecule has 1 heterocycles. The molecule has 2 N–H and O–H groups in total. The summed E-state index contributed by atoms with van der Waals surface area (Å²) in [5.41, 5.74) is 4.62. The lowest BCUT2D eigenvalue weighted by Gasteiger charge is -2.10. The number of hydrogen-bond donors (Lipinski definition) is 2. The Kier molecular flexibility index (Phi) is 5.59. The Balaban J connectivity index is 1.76. The summed E-state index contributed by atoms with van der Waals surface area (Å²) in [4.78, 5) is 23.9. The van der Waals surface area contributed by atoms with Crippen LogP contribution in [0, 0.1) is 19.7 Å². The Bertz CT molecular complexity index is 1020. The molecule has 0 aliphatic carbocycles. The second-order valence-electron chi connectivity index (χ2n) is 6.66. The molecule has 6 heteroatoms. The van der Waals surface area contributed by atoms with Crippen LogP contribution in [-0.4, -0.2) is 16.4 Å². The lowest BCUT2D eigenvalue weighted by Crippen LogP contribution is -2.23. The third-order valence-electron chi connectivity index (χ3n) is 4.46. The number of benzene rings is 2. The second kappa shape index (κ2) is 8.08. The van der Waals surface area contributed by atoms with E-state index in [1.54, 1.807) is 18.2 Å². The third kappa shape index (κ3) is 4.28. The van der Waals surface area contributed by atoms with Gasteiger partial charge in [0.2, 0.25) is 5.91 Å². The molecule has 28 heavy (non-hydrogen) atoms. The van der Waals surface area contributed by atoms with Crippen molar-refractivity contribution in [1.82, 2.24) is 9.88 Å². The van der Waals surface area contributed by atoms with Crippen molar-refractivity contribution >= 4 is 17.5 Å². The van der Waals surface area contributed by atoms with Crippen molar-refractivity contribution in [1.29, 1.82) is 0 Å². The minimum atomic E-state index is -0.300. The summed E-state index contributed by atoms with van der Waals surface area (Å²) in [6.07, 6.45) is 0. The Labute approximate surface area is 163 Å². The molecule has 0 unspecified atom stereocenters. The molecule has 2 aromatic carbocycles. The number of anilines is 1. The molecule has 0 bridgehead atoms. The molecule has 3 rings (SSSR count). The Morgan fingerprint density at radius 3 is 2.43 bits per heavy atom. The molecule has 2 amide bonds. The molecule has 0 atom stereocenters. The van der Waals surface area contributed by atoms with E-state index in [2.05, 4.69) is 10.6 Å². The lowest BCUT2D eigenvalue weighted by molar-refractivity contribution is -0.114. The summed E-state index contributed by atoms with van der Waals surface area (Å²) in [6, 6.07) is 15.3. The van der Waals surface area contributed by atoms with Gasteiger partial charge >= 0.3 is 0 Å². The first-order valence-corrected chi connectivity index (χ1v) is 8.95. The number of halogens is 1. The normalized spacial score (nSPS) is 10.6. The number of carbonyl (C=O) groups is 2. The van der Waals surface area contributed by atoms with Crippen molar-refractivity contribution in [2.75, 3.05) is 5.32 Å². The molecule has 0 aliphatic heterocycles. The maximum Gasteiger partial charge on any atom is 0.253 e. The van der Waals surface area contributed by atoms with E-state index in [-0.39, 0.29) is 17.6 Å². The number of aromatic nitrogens is 1. The number of carbonyl (C=O) groups excluding carboxylic acids is 2. The summed E-state index contributed by atoms with van der Waals surface area (Å²) in [6.45, 7) is 5.56. The highest BCUT2D eigenvalue weighted by Crippen LogP contribution is 2.21. The molecule has 0 saturated carbocycles. The van der Waals surface area contributed by atoms with Gasteiger partial charge in [-0.25, -0.2) is 4.39 Å². The first-order valence-electron chi connectivity index (χ1n) is 8.95. The highest BCUT2D eigenvalue weighted by atomic mass is 19.1. The van der Waals surface area contributed by atoms with E-state index in [9.17, 15) is 14.0 Å². The van der Waals surface area contributed by atoms with Crippen LogP contribution >= 0.6 is 0 Å². The van der Waals surface area contributed by atoms with Crippen molar-refractivity contribution in [2.45, 2.75) is 27.3 Å². The molecule has 0 fully saturated rings. The molecule has 0 aliphatic rings.